The third-order valence-corrected chi connectivity index (χ3v) is 9.20. The Balaban J connectivity index is 1.46. The highest BCUT2D eigenvalue weighted by Gasteiger charge is 2.24. The van der Waals surface area contributed by atoms with Crippen LogP contribution in [0.2, 0.25) is 0 Å². The normalized spacial score (nSPS) is 15.4. The monoisotopic (exact) mass is 600 g/mol. The van der Waals surface area contributed by atoms with Crippen molar-refractivity contribution in [3.63, 3.8) is 0 Å². The number of nitrogens with one attached hydrogen (secondary N) is 1. The standard InChI is InChI=1S/C26H28N6O5S3/c1-35-16-18(15-28-31-27)29-17-6-7-22-24(12-17)38-23-5-3-4-20(26(23)39-22)21-13-19(32-8-10-36-11-9-32)14-25(30-21)37-40(2,33)34/h3-7,12-14,18,29H,8-11,15-16H2,1-2H3. The molecule has 5 rings (SSSR count). The van der Waals surface area contributed by atoms with Crippen molar-refractivity contribution in [2.45, 2.75) is 25.6 Å². The molecule has 0 aliphatic carbocycles. The summed E-state index contributed by atoms with van der Waals surface area (Å²) in [6.45, 7) is 3.26. The maximum absolute atomic E-state index is 12.0. The highest BCUT2D eigenvalue weighted by Crippen LogP contribution is 2.52. The fourth-order valence-electron chi connectivity index (χ4n) is 4.44. The average Bonchev–Trinajstić information content (AvgIpc) is 2.94. The van der Waals surface area contributed by atoms with E-state index in [0.29, 0.717) is 38.6 Å². The third-order valence-electron chi connectivity index (χ3n) is 6.13. The number of morpholine rings is 1. The number of anilines is 2. The number of hydrogen-bond acceptors (Lipinski definition) is 11. The highest BCUT2D eigenvalue weighted by molar-refractivity contribution is 8.05. The van der Waals surface area contributed by atoms with E-state index in [9.17, 15) is 8.42 Å². The second-order valence-electron chi connectivity index (χ2n) is 9.14. The minimum atomic E-state index is -3.76. The number of methoxy groups -OCH3 is 1. The lowest BCUT2D eigenvalue weighted by atomic mass is 10.1. The van der Waals surface area contributed by atoms with Crippen molar-refractivity contribution in [1.82, 2.24) is 4.98 Å². The third kappa shape index (κ3) is 6.95. The van der Waals surface area contributed by atoms with Gasteiger partial charge in [0.05, 0.1) is 37.8 Å². The van der Waals surface area contributed by atoms with Gasteiger partial charge in [-0.1, -0.05) is 40.8 Å². The van der Waals surface area contributed by atoms with Crippen LogP contribution >= 0.6 is 23.5 Å². The number of aromatic nitrogens is 1. The molecule has 1 aromatic heterocycles. The lowest BCUT2D eigenvalue weighted by Gasteiger charge is -2.29. The molecule has 210 valence electrons. The molecule has 3 heterocycles. The second kappa shape index (κ2) is 12.6. The maximum Gasteiger partial charge on any atom is 0.307 e. The fraction of sp³-hybridized carbons (Fsp3) is 0.346. The molecular weight excluding hydrogens is 573 g/mol. The van der Waals surface area contributed by atoms with E-state index in [4.69, 9.17) is 19.2 Å². The summed E-state index contributed by atoms with van der Waals surface area (Å²) in [6, 6.07) is 15.7. The molecule has 0 radical (unpaired) electrons. The molecule has 0 saturated carbocycles. The van der Waals surface area contributed by atoms with Gasteiger partial charge in [-0.2, -0.15) is 8.42 Å². The Morgan fingerprint density at radius 3 is 2.73 bits per heavy atom. The Morgan fingerprint density at radius 1 is 1.15 bits per heavy atom. The molecule has 0 bridgehead atoms. The van der Waals surface area contributed by atoms with Crippen molar-refractivity contribution >= 4 is 45.0 Å². The van der Waals surface area contributed by atoms with E-state index in [1.54, 1.807) is 36.7 Å². The number of ether oxygens (including phenoxy) is 2. The highest BCUT2D eigenvalue weighted by atomic mass is 32.2. The van der Waals surface area contributed by atoms with E-state index < -0.39 is 10.1 Å². The van der Waals surface area contributed by atoms with Crippen molar-refractivity contribution in [3.8, 4) is 17.1 Å². The summed E-state index contributed by atoms with van der Waals surface area (Å²) in [6.07, 6.45) is 1.01. The lowest BCUT2D eigenvalue weighted by Crippen LogP contribution is -2.36. The topological polar surface area (TPSA) is 139 Å². The molecule has 0 spiro atoms. The molecule has 2 aromatic carbocycles. The van der Waals surface area contributed by atoms with E-state index in [1.807, 2.05) is 24.3 Å². The Kier molecular flexibility index (Phi) is 8.94. The summed E-state index contributed by atoms with van der Waals surface area (Å²) in [5, 5.41) is 7.06. The van der Waals surface area contributed by atoms with Gasteiger partial charge in [0, 0.05) is 74.2 Å². The second-order valence-corrected chi connectivity index (χ2v) is 12.9. The summed E-state index contributed by atoms with van der Waals surface area (Å²) in [4.78, 5) is 13.9. The first-order chi connectivity index (χ1) is 19.3. The van der Waals surface area contributed by atoms with Crippen molar-refractivity contribution in [2.75, 3.05) is 63.0 Å². The Bertz CT molecular complexity index is 1540. The first-order valence-corrected chi connectivity index (χ1v) is 15.9. The van der Waals surface area contributed by atoms with Crippen LogP contribution in [0.15, 0.2) is 73.2 Å². The van der Waals surface area contributed by atoms with E-state index in [0.717, 1.165) is 42.8 Å². The summed E-state index contributed by atoms with van der Waals surface area (Å²) in [5.74, 6) is 0.0371. The van der Waals surface area contributed by atoms with Gasteiger partial charge in [-0.25, -0.2) is 4.98 Å². The zero-order valence-electron chi connectivity index (χ0n) is 21.9. The van der Waals surface area contributed by atoms with Crippen molar-refractivity contribution in [1.29, 1.82) is 0 Å². The largest absolute Gasteiger partial charge is 0.383 e. The van der Waals surface area contributed by atoms with Gasteiger partial charge >= 0.3 is 10.1 Å². The SMILES string of the molecule is COCC(CN=[N+]=[N-])Nc1ccc2c(c1)Sc1cccc(-c3cc(N4CCOCC4)cc(OS(C)(=O)=O)n3)c1S2. The zero-order valence-corrected chi connectivity index (χ0v) is 24.4. The van der Waals surface area contributed by atoms with Crippen molar-refractivity contribution < 1.29 is 22.1 Å². The maximum atomic E-state index is 12.0. The summed E-state index contributed by atoms with van der Waals surface area (Å²) < 4.78 is 39.9. The molecule has 2 aliphatic rings. The molecule has 11 nitrogen and oxygen atoms in total. The van der Waals surface area contributed by atoms with Gasteiger partial charge in [0.15, 0.2) is 0 Å². The van der Waals surface area contributed by atoms with E-state index in [1.165, 1.54) is 0 Å². The number of fused-ring (bicyclic) bond motifs is 2. The van der Waals surface area contributed by atoms with Crippen molar-refractivity contribution in [3.05, 3.63) is 59.0 Å². The van der Waals surface area contributed by atoms with E-state index in [-0.39, 0.29) is 18.5 Å². The number of azide groups is 1. The number of rotatable bonds is 10. The van der Waals surface area contributed by atoms with Gasteiger partial charge in [0.25, 0.3) is 0 Å². The first-order valence-electron chi connectivity index (χ1n) is 12.5. The summed E-state index contributed by atoms with van der Waals surface area (Å²) in [7, 11) is -2.14. The van der Waals surface area contributed by atoms with Gasteiger partial charge in [0.1, 0.15) is 0 Å². The fourth-order valence-corrected chi connectivity index (χ4v) is 7.24. The summed E-state index contributed by atoms with van der Waals surface area (Å²) >= 11 is 3.30. The number of nitrogens with zero attached hydrogens (tertiary/aromatic N) is 5. The molecule has 3 aromatic rings. The summed E-state index contributed by atoms with van der Waals surface area (Å²) in [5.41, 5.74) is 12.0. The quantitative estimate of drug-likeness (QED) is 0.111. The minimum absolute atomic E-state index is 0.0371. The van der Waals surface area contributed by atoms with Crippen LogP contribution in [0.5, 0.6) is 5.88 Å². The van der Waals surface area contributed by atoms with Gasteiger partial charge in [-0.3, -0.25) is 0 Å². The number of benzene rings is 2. The predicted molar refractivity (Wildman–Crippen MR) is 156 cm³/mol. The zero-order chi connectivity index (χ0) is 28.1. The van der Waals surface area contributed by atoms with Crippen LogP contribution in [-0.2, 0) is 19.6 Å². The molecule has 40 heavy (non-hydrogen) atoms. The van der Waals surface area contributed by atoms with Gasteiger partial charge < -0.3 is 23.9 Å². The van der Waals surface area contributed by atoms with Crippen LogP contribution in [0.4, 0.5) is 11.4 Å². The smallest absolute Gasteiger partial charge is 0.307 e. The van der Waals surface area contributed by atoms with Gasteiger partial charge in [-0.05, 0) is 35.9 Å². The molecule has 1 fully saturated rings. The molecular formula is C26H28N6O5S3. The van der Waals surface area contributed by atoms with Crippen LogP contribution < -0.4 is 14.4 Å². The van der Waals surface area contributed by atoms with Gasteiger partial charge in [-0.15, -0.1) is 0 Å². The average molecular weight is 601 g/mol. The first kappa shape index (κ1) is 28.4. The molecule has 1 N–H and O–H groups in total. The molecule has 2 aliphatic heterocycles. The molecule has 1 atom stereocenters. The number of hydrogen-bond donors (Lipinski definition) is 1. The number of pyridine rings is 1. The molecule has 0 amide bonds. The molecule has 1 unspecified atom stereocenters. The van der Waals surface area contributed by atoms with Gasteiger partial charge in [0.2, 0.25) is 5.88 Å². The van der Waals surface area contributed by atoms with Crippen LogP contribution in [-0.4, -0.2) is 72.3 Å². The van der Waals surface area contributed by atoms with E-state index in [2.05, 4.69) is 43.4 Å². The van der Waals surface area contributed by atoms with Crippen molar-refractivity contribution in [2.24, 2.45) is 5.11 Å². The Morgan fingerprint density at radius 2 is 1.98 bits per heavy atom. The Labute approximate surface area is 241 Å². The van der Waals surface area contributed by atoms with Crippen LogP contribution in [0.1, 0.15) is 0 Å². The van der Waals surface area contributed by atoms with Crippen LogP contribution in [0.3, 0.4) is 0 Å². The molecule has 14 heteroatoms. The predicted octanol–water partition coefficient (Wildman–Crippen LogP) is 5.28. The van der Waals surface area contributed by atoms with Crippen LogP contribution in [0, 0.1) is 0 Å². The Hall–Kier alpha value is -3.13. The minimum Gasteiger partial charge on any atom is -0.383 e. The lowest BCUT2D eigenvalue weighted by molar-refractivity contribution is 0.122. The molecule has 1 saturated heterocycles. The van der Waals surface area contributed by atoms with Crippen LogP contribution in [0.25, 0.3) is 21.7 Å². The van der Waals surface area contributed by atoms with E-state index >= 15 is 0 Å².